The van der Waals surface area contributed by atoms with Gasteiger partial charge in [0, 0.05) is 19.8 Å². The third-order valence-corrected chi connectivity index (χ3v) is 2.71. The van der Waals surface area contributed by atoms with Gasteiger partial charge in [0.1, 0.15) is 34.7 Å². The molecule has 0 aromatic carbocycles. The van der Waals surface area contributed by atoms with Crippen molar-refractivity contribution in [2.75, 3.05) is 0 Å². The summed E-state index contributed by atoms with van der Waals surface area (Å²) in [5.74, 6) is -1.50. The van der Waals surface area contributed by atoms with E-state index < -0.39 is 0 Å². The number of carbonyl (C=O) groups is 9. The quantitative estimate of drug-likeness (QED) is 0.141. The number of Topliss-reactive ketones (excluding diaryl/α,β-unsaturated/α-hetero) is 6. The molecule has 49 heavy (non-hydrogen) atoms. The van der Waals surface area contributed by atoms with Crippen LogP contribution >= 0.6 is 28.3 Å². The monoisotopic (exact) mass is 1360 g/mol. The molecule has 0 aliphatic heterocycles. The van der Waals surface area contributed by atoms with Crippen molar-refractivity contribution in [3.05, 3.63) is 35.5 Å². The van der Waals surface area contributed by atoms with E-state index in [0.29, 0.717) is 0 Å². The van der Waals surface area contributed by atoms with Gasteiger partial charge in [-0.15, -0.1) is 17.3 Å². The second-order valence-electron chi connectivity index (χ2n) is 8.84. The van der Waals surface area contributed by atoms with E-state index in [9.17, 15) is 58.5 Å². The van der Waals surface area contributed by atoms with Crippen LogP contribution in [-0.4, -0.2) is 71.8 Å². The summed E-state index contributed by atoms with van der Waals surface area (Å²) in [5, 5.41) is 29.9. The zero-order valence-electron chi connectivity index (χ0n) is 29.4. The smallest absolute Gasteiger partial charge is 0 e. The summed E-state index contributed by atoms with van der Waals surface area (Å²) in [4.78, 5) is 90.1. The van der Waals surface area contributed by atoms with Crippen molar-refractivity contribution >= 4 is 100 Å². The Morgan fingerprint density at radius 2 is 0.469 bits per heavy atom. The molecule has 0 fully saturated rings. The minimum atomic E-state index is -0.187. The third-order valence-electron chi connectivity index (χ3n) is 2.71. The summed E-state index contributed by atoms with van der Waals surface area (Å²) in [6.07, 6.45) is 3.42. The first kappa shape index (κ1) is 73.6. The van der Waals surface area contributed by atoms with E-state index in [2.05, 4.69) is 28.3 Å². The number of rotatable bonds is 9. The van der Waals surface area contributed by atoms with Crippen molar-refractivity contribution in [3.8, 4) is 0 Å². The van der Waals surface area contributed by atoms with Crippen LogP contribution in [-0.2, 0) is 99.5 Å². The van der Waals surface area contributed by atoms with Crippen LogP contribution in [0.3, 0.4) is 0 Å². The van der Waals surface area contributed by atoms with Crippen LogP contribution in [0.1, 0.15) is 102 Å². The SMILES string of the molecule is CC(=O)/C=C(/C)[O-].CC(=O)/C=C(/C)[O-].CC(=O)C=C(C)[O-].CC(=O)CC(C)=O.CC(=O)CC(C)=O.CC(=O)CC(C)=O.[Cl][Pt+].[Cl][Pt+].[Cl][Pt+].[Ga]. The third kappa shape index (κ3) is 179. The van der Waals surface area contributed by atoms with Gasteiger partial charge in [-0.2, -0.15) is 0 Å². The number of hydrogen-bond donors (Lipinski definition) is 0. The van der Waals surface area contributed by atoms with Crippen molar-refractivity contribution in [3.63, 3.8) is 0 Å². The van der Waals surface area contributed by atoms with Gasteiger partial charge in [0.05, 0.1) is 19.3 Å². The van der Waals surface area contributed by atoms with Crippen LogP contribution in [0.5, 0.6) is 0 Å². The van der Waals surface area contributed by atoms with Gasteiger partial charge < -0.3 is 15.3 Å². The molecule has 291 valence electrons. The Labute approximate surface area is 349 Å². The van der Waals surface area contributed by atoms with Gasteiger partial charge in [0.2, 0.25) is 0 Å². The molecule has 19 heteroatoms. The van der Waals surface area contributed by atoms with Crippen LogP contribution in [0.15, 0.2) is 35.5 Å². The largest absolute Gasteiger partial charge is 0 e. The van der Waals surface area contributed by atoms with Gasteiger partial charge in [-0.3, -0.25) is 43.2 Å². The van der Waals surface area contributed by atoms with Gasteiger partial charge in [-0.05, 0) is 80.5 Å². The summed E-state index contributed by atoms with van der Waals surface area (Å²) >= 11 is 4.83. The molecule has 0 amide bonds. The molecule has 0 N–H and O–H groups in total. The summed E-state index contributed by atoms with van der Waals surface area (Å²) < 4.78 is 0. The molecule has 0 aromatic rings. The molecule has 0 atom stereocenters. The Morgan fingerprint density at radius 3 is 0.469 bits per heavy atom. The number of hydrogen-bond acceptors (Lipinski definition) is 12. The molecule has 0 rings (SSSR count). The van der Waals surface area contributed by atoms with Crippen molar-refractivity contribution in [2.45, 2.75) is 102 Å². The van der Waals surface area contributed by atoms with Gasteiger partial charge in [-0.1, -0.05) is 20.8 Å². The molecule has 0 spiro atoms. The Bertz CT molecular complexity index is 872. The fourth-order valence-corrected chi connectivity index (χ4v) is 1.91. The molecule has 12 nitrogen and oxygen atoms in total. The van der Waals surface area contributed by atoms with E-state index >= 15 is 0 Å². The summed E-state index contributed by atoms with van der Waals surface area (Å²) in [6.45, 7) is 16.5. The van der Waals surface area contributed by atoms with Crippen molar-refractivity contribution in [1.82, 2.24) is 0 Å². The first-order chi connectivity index (χ1) is 21.8. The van der Waals surface area contributed by atoms with Crippen LogP contribution < -0.4 is 15.3 Å². The Hall–Kier alpha value is -0.779. The van der Waals surface area contributed by atoms with Gasteiger partial charge in [0.15, 0.2) is 17.3 Å². The molecule has 0 aliphatic rings. The van der Waals surface area contributed by atoms with E-state index in [1.807, 2.05) is 0 Å². The van der Waals surface area contributed by atoms with E-state index in [0.717, 1.165) is 18.2 Å². The number of allylic oxidation sites excluding steroid dienone is 6. The van der Waals surface area contributed by atoms with Crippen LogP contribution in [0.25, 0.3) is 0 Å². The normalized spacial score (nSPS) is 8.88. The standard InChI is InChI=1S/6C5H8O2.3ClH.Ga.3Pt/c6*1-4(6)3-5(2)7;;;;;;;/h3*3H2,1-2H3;3*3,6H,1-2H3;3*1H;;;;/q;;;;;;;;;;3*+2/p-6/b;;;2*4-3-;;;;;;;;. The maximum Gasteiger partial charge on any atom is 0 e. The summed E-state index contributed by atoms with van der Waals surface area (Å²) in [5.41, 5.74) is 0. The van der Waals surface area contributed by atoms with E-state index in [1.165, 1.54) is 83.1 Å². The summed E-state index contributed by atoms with van der Waals surface area (Å²) in [6, 6.07) is 0. The maximum atomic E-state index is 10.0. The van der Waals surface area contributed by atoms with Crippen molar-refractivity contribution in [1.29, 1.82) is 0 Å². The molecule has 0 saturated heterocycles. The van der Waals surface area contributed by atoms with Gasteiger partial charge in [-0.25, -0.2) is 0 Å². The molecule has 0 saturated carbocycles. The summed E-state index contributed by atoms with van der Waals surface area (Å²) in [7, 11) is 13.8. The second kappa shape index (κ2) is 59.4. The van der Waals surface area contributed by atoms with Crippen LogP contribution in [0.2, 0.25) is 0 Å². The predicted octanol–water partition coefficient (Wildman–Crippen LogP) is 2.86. The molecular formula is C30H45Cl3GaO12Pt3. The average molecular weight is 1360 g/mol. The zero-order valence-corrected chi connectivity index (χ0v) is 40.9. The minimum Gasteiger partial charge on any atom is 0 e. The minimum absolute atomic E-state index is 0. The van der Waals surface area contributed by atoms with Gasteiger partial charge in [0.25, 0.3) is 0 Å². The van der Waals surface area contributed by atoms with Crippen molar-refractivity contribution in [2.24, 2.45) is 0 Å². The molecular weight excluding hydrogens is 1310 g/mol. The Morgan fingerprint density at radius 1 is 0.367 bits per heavy atom. The number of carbonyl (C=O) groups excluding carboxylic acids is 9. The van der Waals surface area contributed by atoms with Gasteiger partial charge >= 0.3 is 84.6 Å². The fourth-order valence-electron chi connectivity index (χ4n) is 1.91. The molecule has 0 aliphatic carbocycles. The average Bonchev–Trinajstić information content (AvgIpc) is 2.84. The maximum absolute atomic E-state index is 10.0. The second-order valence-corrected chi connectivity index (χ2v) is 8.84. The topological polar surface area (TPSA) is 223 Å². The molecule has 0 heterocycles. The zero-order chi connectivity index (χ0) is 41.2. The van der Waals surface area contributed by atoms with E-state index in [-0.39, 0.29) is 108 Å². The fraction of sp³-hybridized carbons (Fsp3) is 0.500. The van der Waals surface area contributed by atoms with Crippen LogP contribution in [0, 0.1) is 0 Å². The van der Waals surface area contributed by atoms with Crippen molar-refractivity contribution < 1.29 is 115 Å². The first-order valence-corrected chi connectivity index (χ1v) is 21.1. The Kier molecular flexibility index (Phi) is 89.2. The first-order valence-electron chi connectivity index (χ1n) is 12.7. The molecule has 0 unspecified atom stereocenters. The Balaban J connectivity index is -0.0000000449. The van der Waals surface area contributed by atoms with E-state index in [4.69, 9.17) is 0 Å². The number of ketones is 9. The molecule has 3 radical (unpaired) electrons. The van der Waals surface area contributed by atoms with Crippen LogP contribution in [0.4, 0.5) is 0 Å². The van der Waals surface area contributed by atoms with E-state index in [1.54, 1.807) is 56.3 Å². The predicted molar refractivity (Wildman–Crippen MR) is 175 cm³/mol. The number of halogens is 3. The molecule has 0 aromatic heterocycles. The molecule has 0 bridgehead atoms.